The van der Waals surface area contributed by atoms with Gasteiger partial charge in [0.25, 0.3) is 5.91 Å². The summed E-state index contributed by atoms with van der Waals surface area (Å²) in [6.45, 7) is 6.34. The maximum absolute atomic E-state index is 13.0. The Balaban J connectivity index is 1.10. The maximum atomic E-state index is 13.0. The molecule has 0 radical (unpaired) electrons. The molecule has 0 bridgehead atoms. The summed E-state index contributed by atoms with van der Waals surface area (Å²) < 4.78 is 6.17. The van der Waals surface area contributed by atoms with E-state index in [1.165, 1.54) is 11.3 Å². The molecule has 2 saturated heterocycles. The zero-order valence-electron chi connectivity index (χ0n) is 21.3. The average molecular weight is 519 g/mol. The molecule has 2 aliphatic rings. The Bertz CT molecular complexity index is 1170. The first-order valence-electron chi connectivity index (χ1n) is 13.3. The second-order valence-corrected chi connectivity index (χ2v) is 10.3. The van der Waals surface area contributed by atoms with E-state index in [9.17, 15) is 4.79 Å². The van der Waals surface area contributed by atoms with Crippen molar-refractivity contribution in [3.63, 3.8) is 0 Å². The van der Waals surface area contributed by atoms with Crippen LogP contribution in [-0.4, -0.2) is 66.1 Å². The summed E-state index contributed by atoms with van der Waals surface area (Å²) in [5, 5.41) is 0.785. The Labute approximate surface area is 224 Å². The Morgan fingerprint density at radius 1 is 0.946 bits per heavy atom. The largest absolute Gasteiger partial charge is 0.494 e. The van der Waals surface area contributed by atoms with E-state index in [-0.39, 0.29) is 11.9 Å². The molecule has 1 aromatic heterocycles. The van der Waals surface area contributed by atoms with Crippen molar-refractivity contribution in [2.24, 2.45) is 0 Å². The van der Waals surface area contributed by atoms with Crippen LogP contribution in [-0.2, 0) is 6.54 Å². The van der Waals surface area contributed by atoms with Crippen LogP contribution in [0, 0.1) is 0 Å². The number of piperazine rings is 1. The van der Waals surface area contributed by atoms with Crippen molar-refractivity contribution in [3.05, 3.63) is 89.2 Å². The number of anilines is 1. The minimum absolute atomic E-state index is 0.101. The molecule has 0 saturated carbocycles. The van der Waals surface area contributed by atoms with Crippen LogP contribution in [0.4, 0.5) is 5.69 Å². The quantitative estimate of drug-likeness (QED) is 0.393. The molecule has 1 unspecified atom stereocenters. The number of likely N-dealkylation sites (tertiary alicyclic amines) is 1. The number of pyridine rings is 1. The van der Waals surface area contributed by atoms with Crippen LogP contribution in [0.2, 0.25) is 5.02 Å². The third-order valence-electron chi connectivity index (χ3n) is 7.39. The van der Waals surface area contributed by atoms with Gasteiger partial charge in [-0.1, -0.05) is 29.8 Å². The summed E-state index contributed by atoms with van der Waals surface area (Å²) in [7, 11) is 0. The van der Waals surface area contributed by atoms with Crippen molar-refractivity contribution in [1.29, 1.82) is 0 Å². The topological polar surface area (TPSA) is 48.9 Å². The molecular formula is C30H35ClN4O2. The molecule has 0 aliphatic carbocycles. The molecule has 2 fully saturated rings. The first-order chi connectivity index (χ1) is 18.2. The molecule has 7 heteroatoms. The van der Waals surface area contributed by atoms with Crippen LogP contribution in [0.3, 0.4) is 0 Å². The fourth-order valence-electron chi connectivity index (χ4n) is 5.37. The van der Waals surface area contributed by atoms with E-state index in [0.29, 0.717) is 12.2 Å². The highest BCUT2D eigenvalue weighted by molar-refractivity contribution is 6.30. The predicted molar refractivity (Wildman–Crippen MR) is 148 cm³/mol. The first-order valence-corrected chi connectivity index (χ1v) is 13.7. The molecule has 1 amide bonds. The highest BCUT2D eigenvalue weighted by Crippen LogP contribution is 2.24. The number of carbonyl (C=O) groups is 1. The number of amides is 1. The fraction of sp³-hybridized carbons (Fsp3) is 0.400. The number of ether oxygens (including phenoxy) is 1. The van der Waals surface area contributed by atoms with E-state index in [1.54, 1.807) is 24.5 Å². The molecule has 0 N–H and O–H groups in total. The third-order valence-corrected chi connectivity index (χ3v) is 7.62. The molecule has 37 heavy (non-hydrogen) atoms. The van der Waals surface area contributed by atoms with E-state index in [4.69, 9.17) is 16.3 Å². The number of aromatic nitrogens is 1. The van der Waals surface area contributed by atoms with Crippen molar-refractivity contribution in [2.75, 3.05) is 44.2 Å². The number of carbonyl (C=O) groups excluding carboxylic acids is 1. The number of hydrogen-bond acceptors (Lipinski definition) is 5. The predicted octanol–water partition coefficient (Wildman–Crippen LogP) is 5.52. The Kier molecular flexibility index (Phi) is 8.59. The average Bonchev–Trinajstić information content (AvgIpc) is 2.94. The smallest absolute Gasteiger partial charge is 0.254 e. The first kappa shape index (κ1) is 25.6. The lowest BCUT2D eigenvalue weighted by molar-refractivity contribution is 0.0580. The number of rotatable bonds is 8. The summed E-state index contributed by atoms with van der Waals surface area (Å²) in [5.74, 6) is 1.00. The van der Waals surface area contributed by atoms with Gasteiger partial charge in [0.1, 0.15) is 5.75 Å². The Morgan fingerprint density at radius 3 is 2.57 bits per heavy atom. The molecule has 2 aromatic carbocycles. The van der Waals surface area contributed by atoms with Gasteiger partial charge in [-0.05, 0) is 67.3 Å². The summed E-state index contributed by atoms with van der Waals surface area (Å²) in [6, 6.07) is 20.4. The molecule has 2 aliphatic heterocycles. The van der Waals surface area contributed by atoms with Crippen LogP contribution in [0.1, 0.15) is 41.6 Å². The van der Waals surface area contributed by atoms with Gasteiger partial charge in [-0.15, -0.1) is 0 Å². The Morgan fingerprint density at radius 2 is 1.76 bits per heavy atom. The molecule has 0 spiro atoms. The summed E-state index contributed by atoms with van der Waals surface area (Å²) in [5.41, 5.74) is 3.17. The van der Waals surface area contributed by atoms with Gasteiger partial charge in [-0.2, -0.15) is 0 Å². The van der Waals surface area contributed by atoms with E-state index >= 15 is 0 Å². The summed E-state index contributed by atoms with van der Waals surface area (Å²) >= 11 is 6.17. The number of piperidine rings is 1. The van der Waals surface area contributed by atoms with Crippen molar-refractivity contribution in [2.45, 2.75) is 38.3 Å². The molecule has 5 rings (SSSR count). The normalized spacial score (nSPS) is 18.6. The second kappa shape index (κ2) is 12.4. The highest BCUT2D eigenvalue weighted by Gasteiger charge is 2.27. The second-order valence-electron chi connectivity index (χ2n) is 9.91. The van der Waals surface area contributed by atoms with Crippen LogP contribution in [0.5, 0.6) is 5.75 Å². The van der Waals surface area contributed by atoms with Gasteiger partial charge in [-0.3, -0.25) is 14.7 Å². The van der Waals surface area contributed by atoms with Crippen molar-refractivity contribution in [3.8, 4) is 5.75 Å². The Hall–Kier alpha value is -3.09. The lowest BCUT2D eigenvalue weighted by Crippen LogP contribution is -2.45. The van der Waals surface area contributed by atoms with E-state index in [0.717, 1.165) is 75.7 Å². The van der Waals surface area contributed by atoms with E-state index in [1.807, 2.05) is 29.2 Å². The minimum Gasteiger partial charge on any atom is -0.494 e. The number of nitrogens with zero attached hydrogens (tertiary/aromatic N) is 4. The molecule has 3 aromatic rings. The van der Waals surface area contributed by atoms with E-state index in [2.05, 4.69) is 39.0 Å². The van der Waals surface area contributed by atoms with Gasteiger partial charge in [0, 0.05) is 80.4 Å². The van der Waals surface area contributed by atoms with Gasteiger partial charge < -0.3 is 14.5 Å². The lowest BCUT2D eigenvalue weighted by atomic mass is 9.98. The summed E-state index contributed by atoms with van der Waals surface area (Å²) in [6.07, 6.45) is 7.45. The zero-order chi connectivity index (χ0) is 25.5. The zero-order valence-corrected chi connectivity index (χ0v) is 22.0. The van der Waals surface area contributed by atoms with Gasteiger partial charge in [0.05, 0.1) is 6.61 Å². The van der Waals surface area contributed by atoms with Gasteiger partial charge in [0.2, 0.25) is 0 Å². The van der Waals surface area contributed by atoms with Crippen molar-refractivity contribution < 1.29 is 9.53 Å². The monoisotopic (exact) mass is 518 g/mol. The number of benzene rings is 2. The van der Waals surface area contributed by atoms with Crippen molar-refractivity contribution >= 4 is 23.2 Å². The minimum atomic E-state index is 0.101. The molecule has 3 heterocycles. The molecular weight excluding hydrogens is 484 g/mol. The van der Waals surface area contributed by atoms with Crippen LogP contribution < -0.4 is 9.64 Å². The number of hydrogen-bond donors (Lipinski definition) is 0. The van der Waals surface area contributed by atoms with Crippen molar-refractivity contribution in [1.82, 2.24) is 14.8 Å². The van der Waals surface area contributed by atoms with Gasteiger partial charge in [-0.25, -0.2) is 0 Å². The highest BCUT2D eigenvalue weighted by atomic mass is 35.5. The fourth-order valence-corrected chi connectivity index (χ4v) is 5.55. The van der Waals surface area contributed by atoms with Gasteiger partial charge >= 0.3 is 0 Å². The molecule has 194 valence electrons. The summed E-state index contributed by atoms with van der Waals surface area (Å²) in [4.78, 5) is 24.0. The lowest BCUT2D eigenvalue weighted by Gasteiger charge is -2.36. The molecule has 1 atom stereocenters. The maximum Gasteiger partial charge on any atom is 0.254 e. The van der Waals surface area contributed by atoms with Gasteiger partial charge in [0.15, 0.2) is 0 Å². The SMILES string of the molecule is O=C(c1ccncc1)N1CCCCC1CCOc1cccc(CN2CCN(c3cccc(Cl)c3)CC2)c1. The number of halogens is 1. The standard InChI is InChI=1S/C30H35ClN4O2/c31-26-6-4-8-28(22-26)34-18-16-33(17-19-34)23-24-5-3-9-29(21-24)37-20-12-27-7-1-2-15-35(27)30(36)25-10-13-32-14-11-25/h3-6,8-11,13-14,21-22,27H,1-2,7,12,15-20,23H2. The van der Waals surface area contributed by atoms with Crippen LogP contribution in [0.25, 0.3) is 0 Å². The van der Waals surface area contributed by atoms with Crippen LogP contribution >= 0.6 is 11.6 Å². The van der Waals surface area contributed by atoms with E-state index < -0.39 is 0 Å². The van der Waals surface area contributed by atoms with Crippen LogP contribution in [0.15, 0.2) is 73.1 Å². The molecule has 6 nitrogen and oxygen atoms in total. The third kappa shape index (κ3) is 6.82.